The maximum Gasteiger partial charge on any atom is 0.167 e. The Bertz CT molecular complexity index is 953. The first kappa shape index (κ1) is 18.0. The lowest BCUT2D eigenvalue weighted by Gasteiger charge is -2.12. The second-order valence-corrected chi connectivity index (χ2v) is 5.80. The van der Waals surface area contributed by atoms with E-state index >= 15 is 0 Å². The van der Waals surface area contributed by atoms with Gasteiger partial charge in [0, 0.05) is 18.8 Å². The van der Waals surface area contributed by atoms with Gasteiger partial charge in [-0.25, -0.2) is 8.78 Å². The molecular formula is C19H17F3N2O2. The molecule has 0 aliphatic carbocycles. The van der Waals surface area contributed by atoms with Crippen molar-refractivity contribution < 1.29 is 22.7 Å². The fourth-order valence-corrected chi connectivity index (χ4v) is 2.90. The molecule has 3 rings (SSSR count). The van der Waals surface area contributed by atoms with Crippen molar-refractivity contribution in [3.8, 4) is 5.75 Å². The monoisotopic (exact) mass is 362 g/mol. The second-order valence-electron chi connectivity index (χ2n) is 5.80. The van der Waals surface area contributed by atoms with Crippen molar-refractivity contribution in [3.05, 3.63) is 59.4 Å². The van der Waals surface area contributed by atoms with Crippen LogP contribution < -0.4 is 4.74 Å². The summed E-state index contributed by atoms with van der Waals surface area (Å²) in [5, 5.41) is 0. The van der Waals surface area contributed by atoms with Crippen LogP contribution in [0.4, 0.5) is 13.2 Å². The summed E-state index contributed by atoms with van der Waals surface area (Å²) in [7, 11) is 1.37. The molecule has 0 amide bonds. The van der Waals surface area contributed by atoms with Crippen LogP contribution in [0.3, 0.4) is 0 Å². The molecule has 0 bridgehead atoms. The molecule has 7 heteroatoms. The number of aromatic nitrogens is 2. The van der Waals surface area contributed by atoms with Crippen molar-refractivity contribution >= 4 is 16.8 Å². The Morgan fingerprint density at radius 2 is 2.08 bits per heavy atom. The van der Waals surface area contributed by atoms with E-state index in [-0.39, 0.29) is 36.5 Å². The summed E-state index contributed by atoms with van der Waals surface area (Å²) < 4.78 is 47.0. The molecule has 26 heavy (non-hydrogen) atoms. The number of ether oxygens (including phenoxy) is 1. The minimum Gasteiger partial charge on any atom is -0.496 e. The number of Topliss-reactive ketones (excluding diaryl/α,β-unsaturated/α-hetero) is 1. The molecule has 2 aromatic heterocycles. The number of hydrogen-bond donors (Lipinski definition) is 0. The van der Waals surface area contributed by atoms with Crippen LogP contribution in [0.5, 0.6) is 5.75 Å². The average molecular weight is 362 g/mol. The SMILES string of the molecule is COc1ccc(F)c(F)c1Cn1cc(C(=O)CCCF)c2ncccc21. The number of hydrogen-bond acceptors (Lipinski definition) is 3. The van der Waals surface area contributed by atoms with Gasteiger partial charge in [0.1, 0.15) is 5.75 Å². The number of benzene rings is 1. The van der Waals surface area contributed by atoms with Gasteiger partial charge in [-0.05, 0) is 30.7 Å². The first-order valence-electron chi connectivity index (χ1n) is 8.10. The Morgan fingerprint density at radius 3 is 2.81 bits per heavy atom. The molecule has 136 valence electrons. The molecule has 1 aromatic carbocycles. The normalized spacial score (nSPS) is 11.1. The van der Waals surface area contributed by atoms with Gasteiger partial charge in [0.2, 0.25) is 0 Å². The fraction of sp³-hybridized carbons (Fsp3) is 0.263. The van der Waals surface area contributed by atoms with Crippen LogP contribution in [0, 0.1) is 11.6 Å². The number of ketones is 1. The van der Waals surface area contributed by atoms with Gasteiger partial charge in [0.25, 0.3) is 0 Å². The highest BCUT2D eigenvalue weighted by atomic mass is 19.2. The molecule has 0 atom stereocenters. The van der Waals surface area contributed by atoms with E-state index in [0.717, 1.165) is 6.07 Å². The van der Waals surface area contributed by atoms with Crippen molar-refractivity contribution in [2.24, 2.45) is 0 Å². The number of carbonyl (C=O) groups excluding carboxylic acids is 1. The van der Waals surface area contributed by atoms with Crippen molar-refractivity contribution in [2.75, 3.05) is 13.8 Å². The standard InChI is InChI=1S/C19H17F3N2O2/c1-26-17-7-6-14(21)18(22)13(17)11-24-10-12(16(25)5-2-8-20)19-15(24)4-3-9-23-19/h3-4,6-7,9-10H,2,5,8,11H2,1H3. The number of alkyl halides is 1. The quantitative estimate of drug-likeness (QED) is 0.589. The van der Waals surface area contributed by atoms with E-state index in [2.05, 4.69) is 4.98 Å². The lowest BCUT2D eigenvalue weighted by molar-refractivity contribution is 0.0978. The zero-order chi connectivity index (χ0) is 18.7. The van der Waals surface area contributed by atoms with Crippen LogP contribution in [0.2, 0.25) is 0 Å². The van der Waals surface area contributed by atoms with Gasteiger partial charge in [-0.3, -0.25) is 14.2 Å². The van der Waals surface area contributed by atoms with E-state index < -0.39 is 18.3 Å². The third-order valence-electron chi connectivity index (χ3n) is 4.18. The zero-order valence-electron chi connectivity index (χ0n) is 14.1. The van der Waals surface area contributed by atoms with Crippen molar-refractivity contribution in [1.29, 1.82) is 0 Å². The summed E-state index contributed by atoms with van der Waals surface area (Å²) in [6, 6.07) is 5.77. The Hall–Kier alpha value is -2.83. The molecule has 4 nitrogen and oxygen atoms in total. The number of rotatable bonds is 7. The third-order valence-corrected chi connectivity index (χ3v) is 4.18. The lowest BCUT2D eigenvalue weighted by atomic mass is 10.1. The minimum atomic E-state index is -1.000. The fourth-order valence-electron chi connectivity index (χ4n) is 2.90. The molecule has 0 spiro atoms. The van der Waals surface area contributed by atoms with Crippen LogP contribution in [0.1, 0.15) is 28.8 Å². The topological polar surface area (TPSA) is 44.1 Å². The highest BCUT2D eigenvalue weighted by Crippen LogP contribution is 2.28. The smallest absolute Gasteiger partial charge is 0.167 e. The summed E-state index contributed by atoms with van der Waals surface area (Å²) in [5.41, 5.74) is 1.43. The van der Waals surface area contributed by atoms with E-state index in [1.54, 1.807) is 29.1 Å². The molecule has 0 unspecified atom stereocenters. The molecular weight excluding hydrogens is 345 g/mol. The largest absolute Gasteiger partial charge is 0.496 e. The highest BCUT2D eigenvalue weighted by Gasteiger charge is 2.19. The summed E-state index contributed by atoms with van der Waals surface area (Å²) in [5.74, 6) is -2.01. The van der Waals surface area contributed by atoms with Crippen LogP contribution >= 0.6 is 0 Å². The van der Waals surface area contributed by atoms with E-state index in [9.17, 15) is 18.0 Å². The summed E-state index contributed by atoms with van der Waals surface area (Å²) in [6.45, 7) is -0.616. The number of carbonyl (C=O) groups is 1. The van der Waals surface area contributed by atoms with Gasteiger partial charge in [-0.1, -0.05) is 0 Å². The Morgan fingerprint density at radius 1 is 1.27 bits per heavy atom. The van der Waals surface area contributed by atoms with Crippen LogP contribution in [-0.2, 0) is 6.54 Å². The van der Waals surface area contributed by atoms with E-state index in [1.165, 1.54) is 13.2 Å². The molecule has 0 aliphatic heterocycles. The van der Waals surface area contributed by atoms with Crippen molar-refractivity contribution in [2.45, 2.75) is 19.4 Å². The Balaban J connectivity index is 2.07. The van der Waals surface area contributed by atoms with E-state index in [1.807, 2.05) is 0 Å². The van der Waals surface area contributed by atoms with Crippen LogP contribution in [-0.4, -0.2) is 29.1 Å². The van der Waals surface area contributed by atoms with Gasteiger partial charge in [-0.15, -0.1) is 0 Å². The molecule has 0 saturated carbocycles. The third kappa shape index (κ3) is 3.29. The first-order valence-corrected chi connectivity index (χ1v) is 8.10. The van der Waals surface area contributed by atoms with Gasteiger partial charge >= 0.3 is 0 Å². The first-order chi connectivity index (χ1) is 12.6. The molecule has 2 heterocycles. The van der Waals surface area contributed by atoms with Crippen LogP contribution in [0.15, 0.2) is 36.7 Å². The summed E-state index contributed by atoms with van der Waals surface area (Å²) in [6.07, 6.45) is 3.28. The van der Waals surface area contributed by atoms with Crippen molar-refractivity contribution in [3.63, 3.8) is 0 Å². The molecule has 0 N–H and O–H groups in total. The molecule has 0 radical (unpaired) electrons. The lowest BCUT2D eigenvalue weighted by Crippen LogP contribution is -2.05. The number of fused-ring (bicyclic) bond motifs is 1. The van der Waals surface area contributed by atoms with Gasteiger partial charge in [0.05, 0.1) is 42.5 Å². The molecule has 3 aromatic rings. The maximum atomic E-state index is 14.3. The Labute approximate surface area is 148 Å². The summed E-state index contributed by atoms with van der Waals surface area (Å²) >= 11 is 0. The van der Waals surface area contributed by atoms with E-state index in [0.29, 0.717) is 16.6 Å². The number of nitrogens with zero attached hydrogens (tertiary/aromatic N) is 2. The highest BCUT2D eigenvalue weighted by molar-refractivity contribution is 6.06. The molecule has 0 saturated heterocycles. The number of pyridine rings is 1. The number of methoxy groups -OCH3 is 1. The van der Waals surface area contributed by atoms with E-state index in [4.69, 9.17) is 4.74 Å². The molecule has 0 fully saturated rings. The van der Waals surface area contributed by atoms with Gasteiger partial charge in [0.15, 0.2) is 17.4 Å². The predicted molar refractivity (Wildman–Crippen MR) is 91.3 cm³/mol. The van der Waals surface area contributed by atoms with Crippen LogP contribution in [0.25, 0.3) is 11.0 Å². The zero-order valence-corrected chi connectivity index (χ0v) is 14.1. The average Bonchev–Trinajstić information content (AvgIpc) is 3.02. The second kappa shape index (κ2) is 7.59. The van der Waals surface area contributed by atoms with Crippen molar-refractivity contribution in [1.82, 2.24) is 9.55 Å². The minimum absolute atomic E-state index is 0.0364. The molecule has 0 aliphatic rings. The van der Waals surface area contributed by atoms with Gasteiger partial charge in [-0.2, -0.15) is 0 Å². The summed E-state index contributed by atoms with van der Waals surface area (Å²) in [4.78, 5) is 16.6. The van der Waals surface area contributed by atoms with Gasteiger partial charge < -0.3 is 9.30 Å². The maximum absolute atomic E-state index is 14.3. The number of halogens is 3. The predicted octanol–water partition coefficient (Wildman–Crippen LogP) is 4.30. The Kier molecular flexibility index (Phi) is 5.25.